The van der Waals surface area contributed by atoms with Crippen molar-refractivity contribution < 1.29 is 13.9 Å². The van der Waals surface area contributed by atoms with Crippen LogP contribution in [0.15, 0.2) is 18.2 Å². The fourth-order valence-corrected chi connectivity index (χ4v) is 2.36. The molecule has 0 aromatic heterocycles. The van der Waals surface area contributed by atoms with Crippen molar-refractivity contribution in [1.29, 1.82) is 0 Å². The first-order chi connectivity index (χ1) is 10.1. The maximum Gasteiger partial charge on any atom is 0.248 e. The molecule has 1 unspecified atom stereocenters. The summed E-state index contributed by atoms with van der Waals surface area (Å²) in [6.45, 7) is 6.83. The van der Waals surface area contributed by atoms with Crippen LogP contribution in [0.5, 0.6) is 0 Å². The summed E-state index contributed by atoms with van der Waals surface area (Å²) in [5, 5.41) is 3.30. The van der Waals surface area contributed by atoms with Crippen LogP contribution >= 0.6 is 0 Å². The van der Waals surface area contributed by atoms with Crippen LogP contribution in [0.1, 0.15) is 22.8 Å². The summed E-state index contributed by atoms with van der Waals surface area (Å²) in [4.78, 5) is 13.3. The van der Waals surface area contributed by atoms with Gasteiger partial charge in [0, 0.05) is 43.3 Å². The Balaban J connectivity index is 1.83. The Kier molecular flexibility index (Phi) is 5.67. The smallest absolute Gasteiger partial charge is 0.248 e. The van der Waals surface area contributed by atoms with Crippen LogP contribution in [0.4, 0.5) is 4.39 Å². The van der Waals surface area contributed by atoms with Crippen molar-refractivity contribution >= 4 is 5.91 Å². The van der Waals surface area contributed by atoms with E-state index in [0.29, 0.717) is 12.1 Å². The summed E-state index contributed by atoms with van der Waals surface area (Å²) in [5.41, 5.74) is 5.85. The van der Waals surface area contributed by atoms with E-state index in [-0.39, 0.29) is 11.6 Å². The van der Waals surface area contributed by atoms with Gasteiger partial charge >= 0.3 is 0 Å². The average molecular weight is 295 g/mol. The van der Waals surface area contributed by atoms with Crippen LogP contribution in [-0.4, -0.2) is 49.7 Å². The first kappa shape index (κ1) is 15.9. The van der Waals surface area contributed by atoms with Crippen molar-refractivity contribution in [1.82, 2.24) is 10.2 Å². The Morgan fingerprint density at radius 3 is 2.81 bits per heavy atom. The van der Waals surface area contributed by atoms with Gasteiger partial charge in [-0.05, 0) is 19.1 Å². The number of hydrogen-bond donors (Lipinski definition) is 2. The molecule has 21 heavy (non-hydrogen) atoms. The molecule has 1 fully saturated rings. The lowest BCUT2D eigenvalue weighted by Crippen LogP contribution is -2.44. The van der Waals surface area contributed by atoms with Gasteiger partial charge in [-0.1, -0.05) is 6.07 Å². The summed E-state index contributed by atoms with van der Waals surface area (Å²) in [6, 6.07) is 4.59. The number of ether oxygens (including phenoxy) is 1. The number of carbonyl (C=O) groups excluding carboxylic acids is 1. The Bertz CT molecular complexity index is 490. The lowest BCUT2D eigenvalue weighted by molar-refractivity contribution is 0.0343. The van der Waals surface area contributed by atoms with Crippen LogP contribution < -0.4 is 11.1 Å². The first-order valence-corrected chi connectivity index (χ1v) is 7.18. The number of hydrogen-bond acceptors (Lipinski definition) is 4. The zero-order chi connectivity index (χ0) is 15.2. The molecule has 1 aromatic rings. The summed E-state index contributed by atoms with van der Waals surface area (Å²) >= 11 is 0. The average Bonchev–Trinajstić information content (AvgIpc) is 2.47. The van der Waals surface area contributed by atoms with Crippen molar-refractivity contribution in [2.75, 3.05) is 32.8 Å². The third-order valence-electron chi connectivity index (χ3n) is 3.61. The van der Waals surface area contributed by atoms with Crippen LogP contribution in [0.2, 0.25) is 0 Å². The van der Waals surface area contributed by atoms with Gasteiger partial charge in [-0.2, -0.15) is 0 Å². The van der Waals surface area contributed by atoms with Crippen LogP contribution in [0.3, 0.4) is 0 Å². The molecule has 0 aliphatic carbocycles. The number of halogens is 1. The highest BCUT2D eigenvalue weighted by Crippen LogP contribution is 2.10. The van der Waals surface area contributed by atoms with Gasteiger partial charge in [0.15, 0.2) is 0 Å². The molecule has 116 valence electrons. The molecule has 0 radical (unpaired) electrons. The standard InChI is InChI=1S/C15H22FN3O2/c1-11(10-19-4-6-21-7-5-19)18-9-13-3-2-12(15(17)20)8-14(13)16/h2-3,8,11,18H,4-7,9-10H2,1H3,(H2,17,20). The number of benzene rings is 1. The minimum absolute atomic E-state index is 0.192. The minimum Gasteiger partial charge on any atom is -0.379 e. The predicted molar refractivity (Wildman–Crippen MR) is 78.5 cm³/mol. The number of amides is 1. The van der Waals surface area contributed by atoms with E-state index < -0.39 is 11.7 Å². The van der Waals surface area contributed by atoms with Crippen molar-refractivity contribution in [2.45, 2.75) is 19.5 Å². The number of nitrogens with zero attached hydrogens (tertiary/aromatic N) is 1. The van der Waals surface area contributed by atoms with Crippen molar-refractivity contribution in [3.05, 3.63) is 35.1 Å². The Hall–Kier alpha value is -1.50. The summed E-state index contributed by atoms with van der Waals surface area (Å²) in [5.74, 6) is -1.02. The van der Waals surface area contributed by atoms with E-state index in [4.69, 9.17) is 10.5 Å². The molecular weight excluding hydrogens is 273 g/mol. The lowest BCUT2D eigenvalue weighted by Gasteiger charge is -2.29. The van der Waals surface area contributed by atoms with Gasteiger partial charge in [0.2, 0.25) is 5.91 Å². The number of morpholine rings is 1. The van der Waals surface area contributed by atoms with E-state index >= 15 is 0 Å². The Labute approximate surface area is 124 Å². The third kappa shape index (κ3) is 4.77. The molecule has 1 heterocycles. The van der Waals surface area contributed by atoms with E-state index in [1.165, 1.54) is 6.07 Å². The number of rotatable bonds is 6. The molecule has 1 atom stereocenters. The van der Waals surface area contributed by atoms with Gasteiger partial charge in [0.1, 0.15) is 5.82 Å². The number of nitrogens with one attached hydrogen (secondary N) is 1. The maximum absolute atomic E-state index is 13.8. The van der Waals surface area contributed by atoms with Gasteiger partial charge in [-0.25, -0.2) is 4.39 Å². The molecule has 0 bridgehead atoms. The fourth-order valence-electron chi connectivity index (χ4n) is 2.36. The summed E-state index contributed by atoms with van der Waals surface area (Å²) < 4.78 is 19.2. The van der Waals surface area contributed by atoms with E-state index in [0.717, 1.165) is 32.8 Å². The SMILES string of the molecule is CC(CN1CCOCC1)NCc1ccc(C(N)=O)cc1F. The molecule has 2 rings (SSSR count). The first-order valence-electron chi connectivity index (χ1n) is 7.18. The summed E-state index contributed by atoms with van der Waals surface area (Å²) in [7, 11) is 0. The lowest BCUT2D eigenvalue weighted by atomic mass is 10.1. The number of nitrogens with two attached hydrogens (primary N) is 1. The molecule has 3 N–H and O–H groups in total. The van der Waals surface area contributed by atoms with Gasteiger partial charge in [-0.15, -0.1) is 0 Å². The highest BCUT2D eigenvalue weighted by Gasteiger charge is 2.14. The molecule has 1 amide bonds. The van der Waals surface area contributed by atoms with E-state index in [9.17, 15) is 9.18 Å². The van der Waals surface area contributed by atoms with E-state index in [2.05, 4.69) is 17.1 Å². The molecule has 5 nitrogen and oxygen atoms in total. The van der Waals surface area contributed by atoms with Crippen molar-refractivity contribution in [3.8, 4) is 0 Å². The molecule has 0 saturated carbocycles. The molecule has 6 heteroatoms. The monoisotopic (exact) mass is 295 g/mol. The van der Waals surface area contributed by atoms with Crippen LogP contribution in [0.25, 0.3) is 0 Å². The van der Waals surface area contributed by atoms with Crippen molar-refractivity contribution in [2.24, 2.45) is 5.73 Å². The zero-order valence-corrected chi connectivity index (χ0v) is 12.3. The molecule has 1 aromatic carbocycles. The highest BCUT2D eigenvalue weighted by molar-refractivity contribution is 5.92. The molecular formula is C15H22FN3O2. The van der Waals surface area contributed by atoms with Crippen LogP contribution in [0, 0.1) is 5.82 Å². The Morgan fingerprint density at radius 2 is 2.19 bits per heavy atom. The zero-order valence-electron chi connectivity index (χ0n) is 12.3. The second-order valence-electron chi connectivity index (χ2n) is 5.37. The minimum atomic E-state index is -0.617. The van der Waals surface area contributed by atoms with Gasteiger partial charge in [-0.3, -0.25) is 9.69 Å². The van der Waals surface area contributed by atoms with Gasteiger partial charge < -0.3 is 15.8 Å². The van der Waals surface area contributed by atoms with Crippen LogP contribution in [-0.2, 0) is 11.3 Å². The van der Waals surface area contributed by atoms with Gasteiger partial charge in [0.25, 0.3) is 0 Å². The highest BCUT2D eigenvalue weighted by atomic mass is 19.1. The topological polar surface area (TPSA) is 67.6 Å². The maximum atomic E-state index is 13.8. The van der Waals surface area contributed by atoms with E-state index in [1.54, 1.807) is 12.1 Å². The summed E-state index contributed by atoms with van der Waals surface area (Å²) in [6.07, 6.45) is 0. The third-order valence-corrected chi connectivity index (χ3v) is 3.61. The quantitative estimate of drug-likeness (QED) is 0.812. The molecule has 1 saturated heterocycles. The largest absolute Gasteiger partial charge is 0.379 e. The van der Waals surface area contributed by atoms with E-state index in [1.807, 2.05) is 0 Å². The Morgan fingerprint density at radius 1 is 1.48 bits per heavy atom. The predicted octanol–water partition coefficient (Wildman–Crippen LogP) is 0.735. The van der Waals surface area contributed by atoms with Gasteiger partial charge in [0.05, 0.1) is 13.2 Å². The molecule has 1 aliphatic heterocycles. The number of primary amides is 1. The molecule has 1 aliphatic rings. The normalized spacial score (nSPS) is 17.6. The van der Waals surface area contributed by atoms with Crippen molar-refractivity contribution in [3.63, 3.8) is 0 Å². The number of carbonyl (C=O) groups is 1. The fraction of sp³-hybridized carbons (Fsp3) is 0.533. The molecule has 0 spiro atoms. The second kappa shape index (κ2) is 7.49. The second-order valence-corrected chi connectivity index (χ2v) is 5.37.